The molecule has 0 aliphatic heterocycles. The molecular formula is C18H18FNO3S. The second-order valence-electron chi connectivity index (χ2n) is 6.71. The third-order valence-electron chi connectivity index (χ3n) is 3.99. The van der Waals surface area contributed by atoms with Crippen molar-refractivity contribution in [1.82, 2.24) is 4.98 Å². The number of hydrogen-bond acceptors (Lipinski definition) is 4. The quantitative estimate of drug-likeness (QED) is 0.511. The smallest absolute Gasteiger partial charge is 0.332 e. The van der Waals surface area contributed by atoms with Crippen molar-refractivity contribution in [2.45, 2.75) is 31.1 Å². The van der Waals surface area contributed by atoms with Gasteiger partial charge in [-0.25, -0.2) is 0 Å². The van der Waals surface area contributed by atoms with Crippen molar-refractivity contribution in [1.29, 1.82) is 0 Å². The fraction of sp³-hybridized carbons (Fsp3) is 0.278. The molecule has 6 heteroatoms. The maximum absolute atomic E-state index is 13.8. The molecule has 1 aromatic heterocycles. The molecule has 1 heterocycles. The van der Waals surface area contributed by atoms with Gasteiger partial charge in [0.2, 0.25) is 0 Å². The summed E-state index contributed by atoms with van der Waals surface area (Å²) in [7, 11) is -3.37. The third-order valence-corrected chi connectivity index (χ3v) is 4.86. The van der Waals surface area contributed by atoms with Gasteiger partial charge in [0.05, 0.1) is 18.3 Å². The molecule has 0 bridgehead atoms. The summed E-state index contributed by atoms with van der Waals surface area (Å²) in [4.78, 5) is 4.34. The van der Waals surface area contributed by atoms with Crippen molar-refractivity contribution in [3.63, 3.8) is 0 Å². The van der Waals surface area contributed by atoms with Gasteiger partial charge in [-0.3, -0.25) is 4.98 Å². The Morgan fingerprint density at radius 2 is 1.67 bits per heavy atom. The molecule has 3 aromatic rings. The lowest BCUT2D eigenvalue weighted by molar-refractivity contribution is 0.417. The molecule has 3 rings (SSSR count). The van der Waals surface area contributed by atoms with E-state index >= 15 is 0 Å². The molecule has 0 aliphatic rings. The highest BCUT2D eigenvalue weighted by molar-refractivity contribution is 7.86. The summed E-state index contributed by atoms with van der Waals surface area (Å²) >= 11 is 0. The van der Waals surface area contributed by atoms with E-state index in [1.54, 1.807) is 30.3 Å². The highest BCUT2D eigenvalue weighted by atomic mass is 32.3. The van der Waals surface area contributed by atoms with Gasteiger partial charge in [-0.05, 0) is 6.07 Å². The number of pyridine rings is 1. The van der Waals surface area contributed by atoms with Crippen LogP contribution < -0.4 is 4.74 Å². The molecule has 0 N–H and O–H groups in total. The van der Waals surface area contributed by atoms with Crippen LogP contribution in [0.2, 0.25) is 0 Å². The molecule has 0 atom stereocenters. The van der Waals surface area contributed by atoms with Gasteiger partial charge in [0.25, 0.3) is 0 Å². The fourth-order valence-electron chi connectivity index (χ4n) is 2.74. The summed E-state index contributed by atoms with van der Waals surface area (Å²) in [6.07, 6.45) is 0. The van der Waals surface area contributed by atoms with Crippen molar-refractivity contribution >= 4 is 31.9 Å². The molecule has 2 aromatic carbocycles. The van der Waals surface area contributed by atoms with Crippen molar-refractivity contribution in [3.8, 4) is 5.75 Å². The number of nitrogens with zero attached hydrogens (tertiary/aromatic N) is 1. The number of rotatable bonds is 2. The first-order valence-electron chi connectivity index (χ1n) is 7.48. The molecule has 126 valence electrons. The fourth-order valence-corrected chi connectivity index (χ4v) is 3.44. The first kappa shape index (κ1) is 16.6. The Morgan fingerprint density at radius 1 is 1.04 bits per heavy atom. The molecule has 4 nitrogen and oxygen atoms in total. The van der Waals surface area contributed by atoms with E-state index in [0.29, 0.717) is 27.4 Å². The van der Waals surface area contributed by atoms with E-state index in [9.17, 15) is 12.3 Å². The van der Waals surface area contributed by atoms with E-state index in [4.69, 9.17) is 9.72 Å². The SMILES string of the molecule is COc1cc(C(C)(C)C)nc2c1cc(S(=O)(=O)F)c1ccccc12. The maximum Gasteiger partial charge on any atom is 0.332 e. The summed E-state index contributed by atoms with van der Waals surface area (Å²) in [5.41, 5.74) is 1.20. The van der Waals surface area contributed by atoms with Gasteiger partial charge >= 0.3 is 10.2 Å². The average molecular weight is 347 g/mol. The Kier molecular flexibility index (Phi) is 3.75. The van der Waals surface area contributed by atoms with Crippen LogP contribution in [0.15, 0.2) is 41.3 Å². The predicted octanol–water partition coefficient (Wildman–Crippen LogP) is 4.35. The number of aromatic nitrogens is 1. The van der Waals surface area contributed by atoms with Crippen molar-refractivity contribution in [2.24, 2.45) is 0 Å². The number of fused-ring (bicyclic) bond motifs is 3. The summed E-state index contributed by atoms with van der Waals surface area (Å²) in [5, 5.41) is 1.36. The largest absolute Gasteiger partial charge is 0.496 e. The minimum atomic E-state index is -4.87. The van der Waals surface area contributed by atoms with Crippen LogP contribution in [0.25, 0.3) is 21.7 Å². The van der Waals surface area contributed by atoms with Crippen LogP contribution in [0.3, 0.4) is 0 Å². The number of methoxy groups -OCH3 is 1. The molecule has 24 heavy (non-hydrogen) atoms. The monoisotopic (exact) mass is 347 g/mol. The zero-order chi connectivity index (χ0) is 17.7. The lowest BCUT2D eigenvalue weighted by Crippen LogP contribution is -2.14. The number of halogens is 1. The molecular weight excluding hydrogens is 329 g/mol. The Labute approximate surface area is 140 Å². The zero-order valence-electron chi connectivity index (χ0n) is 13.9. The predicted molar refractivity (Wildman–Crippen MR) is 92.8 cm³/mol. The Hall–Kier alpha value is -2.21. The van der Waals surface area contributed by atoms with Crippen LogP contribution in [0.4, 0.5) is 3.89 Å². The van der Waals surface area contributed by atoms with Gasteiger partial charge in [-0.15, -0.1) is 3.89 Å². The van der Waals surface area contributed by atoms with Crippen LogP contribution in [-0.2, 0) is 15.6 Å². The number of ether oxygens (including phenoxy) is 1. The second kappa shape index (κ2) is 5.41. The number of benzene rings is 2. The molecule has 0 unspecified atom stereocenters. The third kappa shape index (κ3) is 2.71. The Balaban J connectivity index is 2.58. The van der Waals surface area contributed by atoms with Gasteiger partial charge in [0, 0.05) is 27.6 Å². The molecule has 0 radical (unpaired) electrons. The molecule has 0 spiro atoms. The van der Waals surface area contributed by atoms with Crippen molar-refractivity contribution < 1.29 is 17.0 Å². The van der Waals surface area contributed by atoms with Crippen LogP contribution in [0.1, 0.15) is 26.5 Å². The summed E-state index contributed by atoms with van der Waals surface area (Å²) in [6.45, 7) is 6.09. The van der Waals surface area contributed by atoms with E-state index in [-0.39, 0.29) is 10.3 Å². The normalized spacial score (nSPS) is 12.7. The van der Waals surface area contributed by atoms with Crippen LogP contribution in [-0.4, -0.2) is 20.5 Å². The molecule has 0 aliphatic carbocycles. The molecule has 0 amide bonds. The first-order valence-corrected chi connectivity index (χ1v) is 8.87. The van der Waals surface area contributed by atoms with Crippen LogP contribution >= 0.6 is 0 Å². The lowest BCUT2D eigenvalue weighted by atomic mass is 9.90. The minimum absolute atomic E-state index is 0.215. The van der Waals surface area contributed by atoms with E-state index < -0.39 is 10.2 Å². The minimum Gasteiger partial charge on any atom is -0.496 e. The van der Waals surface area contributed by atoms with Crippen molar-refractivity contribution in [2.75, 3.05) is 7.11 Å². The molecule has 0 saturated heterocycles. The van der Waals surface area contributed by atoms with E-state index in [0.717, 1.165) is 5.69 Å². The van der Waals surface area contributed by atoms with Crippen LogP contribution in [0, 0.1) is 0 Å². The standard InChI is InChI=1S/C18H18FNO3S/c1-18(2,3)16-10-14(23-4)13-9-15(24(19,21)22)11-7-5-6-8-12(11)17(13)20-16/h5-10H,1-4H3. The summed E-state index contributed by atoms with van der Waals surface area (Å²) in [6, 6.07) is 9.84. The first-order chi connectivity index (χ1) is 11.1. The Bertz CT molecular complexity index is 1050. The summed E-state index contributed by atoms with van der Waals surface area (Å²) < 4.78 is 42.4. The van der Waals surface area contributed by atoms with Gasteiger partial charge in [0.1, 0.15) is 10.6 Å². The average Bonchev–Trinajstić information content (AvgIpc) is 2.51. The van der Waals surface area contributed by atoms with Gasteiger partial charge in [-0.2, -0.15) is 8.42 Å². The van der Waals surface area contributed by atoms with E-state index in [1.165, 1.54) is 13.2 Å². The Morgan fingerprint density at radius 3 is 2.21 bits per heavy atom. The summed E-state index contributed by atoms with van der Waals surface area (Å²) in [5.74, 6) is 0.473. The van der Waals surface area contributed by atoms with Crippen LogP contribution in [0.5, 0.6) is 5.75 Å². The van der Waals surface area contributed by atoms with E-state index in [1.807, 2.05) is 20.8 Å². The topological polar surface area (TPSA) is 56.3 Å². The van der Waals surface area contributed by atoms with Gasteiger partial charge in [0.15, 0.2) is 0 Å². The van der Waals surface area contributed by atoms with Crippen molar-refractivity contribution in [3.05, 3.63) is 42.1 Å². The second-order valence-corrected chi connectivity index (χ2v) is 8.03. The van der Waals surface area contributed by atoms with Gasteiger partial charge in [-0.1, -0.05) is 45.0 Å². The zero-order valence-corrected chi connectivity index (χ0v) is 14.7. The lowest BCUT2D eigenvalue weighted by Gasteiger charge is -2.20. The number of hydrogen-bond donors (Lipinski definition) is 0. The van der Waals surface area contributed by atoms with E-state index in [2.05, 4.69) is 0 Å². The highest BCUT2D eigenvalue weighted by Gasteiger charge is 2.23. The van der Waals surface area contributed by atoms with Gasteiger partial charge < -0.3 is 4.74 Å². The highest BCUT2D eigenvalue weighted by Crippen LogP contribution is 2.37. The molecule has 0 fully saturated rings. The molecule has 0 saturated carbocycles. The maximum atomic E-state index is 13.8.